The monoisotopic (exact) mass is 385 g/mol. The van der Waals surface area contributed by atoms with Crippen molar-refractivity contribution in [3.05, 3.63) is 70.5 Å². The Labute approximate surface area is 162 Å². The van der Waals surface area contributed by atoms with E-state index in [0.29, 0.717) is 22.7 Å². The third-order valence-electron chi connectivity index (χ3n) is 5.18. The summed E-state index contributed by atoms with van der Waals surface area (Å²) >= 11 is 5.98. The van der Waals surface area contributed by atoms with Gasteiger partial charge >= 0.3 is 0 Å². The van der Waals surface area contributed by atoms with Crippen molar-refractivity contribution >= 4 is 23.0 Å². The maximum Gasteiger partial charge on any atom is 0.253 e. The SMILES string of the molecule is O=C(NC1CCCCC1)c1cc(Cc2ccnc(Cl)c2)n2cccc(F)c12. The van der Waals surface area contributed by atoms with E-state index in [0.717, 1.165) is 36.9 Å². The van der Waals surface area contributed by atoms with Crippen LogP contribution in [0.5, 0.6) is 0 Å². The van der Waals surface area contributed by atoms with Crippen LogP contribution >= 0.6 is 11.6 Å². The van der Waals surface area contributed by atoms with Gasteiger partial charge < -0.3 is 9.72 Å². The fourth-order valence-electron chi connectivity index (χ4n) is 3.87. The zero-order chi connectivity index (χ0) is 18.8. The number of aromatic nitrogens is 2. The number of amides is 1. The van der Waals surface area contributed by atoms with E-state index in [1.165, 1.54) is 12.5 Å². The van der Waals surface area contributed by atoms with Crippen molar-refractivity contribution in [2.45, 2.75) is 44.6 Å². The molecule has 6 heteroatoms. The van der Waals surface area contributed by atoms with Crippen LogP contribution < -0.4 is 5.32 Å². The van der Waals surface area contributed by atoms with Crippen LogP contribution in [0, 0.1) is 5.82 Å². The number of carbonyl (C=O) groups excluding carboxylic acids is 1. The molecule has 140 valence electrons. The van der Waals surface area contributed by atoms with Gasteiger partial charge in [0.15, 0.2) is 0 Å². The van der Waals surface area contributed by atoms with Crippen LogP contribution in [0.2, 0.25) is 5.15 Å². The fourth-order valence-corrected chi connectivity index (χ4v) is 4.06. The molecule has 1 saturated carbocycles. The molecule has 1 fully saturated rings. The molecular formula is C21H21ClFN3O. The van der Waals surface area contributed by atoms with Crippen molar-refractivity contribution in [1.29, 1.82) is 0 Å². The van der Waals surface area contributed by atoms with Crippen LogP contribution in [-0.2, 0) is 6.42 Å². The molecule has 0 aromatic carbocycles. The second-order valence-electron chi connectivity index (χ2n) is 7.10. The van der Waals surface area contributed by atoms with Crippen molar-refractivity contribution in [3.63, 3.8) is 0 Å². The first-order valence-corrected chi connectivity index (χ1v) is 9.69. The molecule has 4 nitrogen and oxygen atoms in total. The average molecular weight is 386 g/mol. The van der Waals surface area contributed by atoms with Crippen LogP contribution in [0.25, 0.3) is 5.52 Å². The summed E-state index contributed by atoms with van der Waals surface area (Å²) in [6, 6.07) is 8.64. The lowest BCUT2D eigenvalue weighted by Gasteiger charge is -2.22. The first-order valence-electron chi connectivity index (χ1n) is 9.31. The Morgan fingerprint density at radius 1 is 1.26 bits per heavy atom. The molecule has 0 saturated heterocycles. The highest BCUT2D eigenvalue weighted by Gasteiger charge is 2.22. The summed E-state index contributed by atoms with van der Waals surface area (Å²) in [5, 5.41) is 3.50. The zero-order valence-corrected chi connectivity index (χ0v) is 15.7. The van der Waals surface area contributed by atoms with Crippen LogP contribution in [0.15, 0.2) is 42.7 Å². The Kier molecular flexibility index (Phi) is 5.12. The van der Waals surface area contributed by atoms with E-state index in [1.54, 1.807) is 35.0 Å². The normalized spacial score (nSPS) is 15.2. The van der Waals surface area contributed by atoms with Gasteiger partial charge in [0.05, 0.1) is 11.1 Å². The van der Waals surface area contributed by atoms with Gasteiger partial charge in [-0.05, 0) is 48.7 Å². The van der Waals surface area contributed by atoms with Gasteiger partial charge in [-0.1, -0.05) is 30.9 Å². The minimum Gasteiger partial charge on any atom is -0.349 e. The van der Waals surface area contributed by atoms with Crippen molar-refractivity contribution in [2.75, 3.05) is 0 Å². The maximum absolute atomic E-state index is 14.6. The predicted molar refractivity (Wildman–Crippen MR) is 104 cm³/mol. The molecule has 0 atom stereocenters. The van der Waals surface area contributed by atoms with Gasteiger partial charge in [0.1, 0.15) is 11.0 Å². The summed E-state index contributed by atoms with van der Waals surface area (Å²) in [5.41, 5.74) is 2.49. The molecule has 1 N–H and O–H groups in total. The molecule has 4 rings (SSSR count). The summed E-state index contributed by atoms with van der Waals surface area (Å²) < 4.78 is 16.3. The van der Waals surface area contributed by atoms with E-state index in [9.17, 15) is 9.18 Å². The zero-order valence-electron chi connectivity index (χ0n) is 14.9. The third kappa shape index (κ3) is 3.83. The molecule has 27 heavy (non-hydrogen) atoms. The number of hydrogen-bond acceptors (Lipinski definition) is 2. The predicted octanol–water partition coefficient (Wildman–Crippen LogP) is 4.78. The number of pyridine rings is 2. The van der Waals surface area contributed by atoms with Gasteiger partial charge in [0.2, 0.25) is 0 Å². The average Bonchev–Trinajstić information content (AvgIpc) is 3.03. The van der Waals surface area contributed by atoms with Gasteiger partial charge in [-0.3, -0.25) is 4.79 Å². The van der Waals surface area contributed by atoms with Crippen LogP contribution in [-0.4, -0.2) is 21.3 Å². The lowest BCUT2D eigenvalue weighted by atomic mass is 9.95. The highest BCUT2D eigenvalue weighted by molar-refractivity contribution is 6.29. The van der Waals surface area contributed by atoms with Crippen LogP contribution in [0.3, 0.4) is 0 Å². The van der Waals surface area contributed by atoms with Crippen LogP contribution in [0.4, 0.5) is 4.39 Å². The molecule has 0 bridgehead atoms. The van der Waals surface area contributed by atoms with Gasteiger partial charge in [0, 0.05) is 30.6 Å². The number of carbonyl (C=O) groups is 1. The highest BCUT2D eigenvalue weighted by atomic mass is 35.5. The Bertz CT molecular complexity index is 979. The van der Waals surface area contributed by atoms with E-state index in [1.807, 2.05) is 6.07 Å². The smallest absolute Gasteiger partial charge is 0.253 e. The lowest BCUT2D eigenvalue weighted by molar-refractivity contribution is 0.0929. The Morgan fingerprint density at radius 3 is 2.85 bits per heavy atom. The lowest BCUT2D eigenvalue weighted by Crippen LogP contribution is -2.36. The molecule has 3 aromatic rings. The first-order chi connectivity index (χ1) is 13.1. The number of rotatable bonds is 4. The number of nitrogens with one attached hydrogen (secondary N) is 1. The van der Waals surface area contributed by atoms with Gasteiger partial charge in [-0.15, -0.1) is 0 Å². The Morgan fingerprint density at radius 2 is 2.07 bits per heavy atom. The van der Waals surface area contributed by atoms with E-state index < -0.39 is 5.82 Å². The highest BCUT2D eigenvalue weighted by Crippen LogP contribution is 2.24. The van der Waals surface area contributed by atoms with Crippen molar-refractivity contribution in [3.8, 4) is 0 Å². The summed E-state index contributed by atoms with van der Waals surface area (Å²) in [6.45, 7) is 0. The summed E-state index contributed by atoms with van der Waals surface area (Å²) in [7, 11) is 0. The molecule has 1 amide bonds. The molecule has 0 radical (unpaired) electrons. The van der Waals surface area contributed by atoms with Crippen LogP contribution in [0.1, 0.15) is 53.7 Å². The summed E-state index contributed by atoms with van der Waals surface area (Å²) in [6.07, 6.45) is 9.41. The molecule has 1 aliphatic carbocycles. The van der Waals surface area contributed by atoms with Gasteiger partial charge in [-0.2, -0.15) is 0 Å². The van der Waals surface area contributed by atoms with E-state index in [4.69, 9.17) is 11.6 Å². The fraction of sp³-hybridized carbons (Fsp3) is 0.333. The molecular weight excluding hydrogens is 365 g/mol. The Balaban J connectivity index is 1.69. The number of fused-ring (bicyclic) bond motifs is 1. The summed E-state index contributed by atoms with van der Waals surface area (Å²) in [4.78, 5) is 16.9. The van der Waals surface area contributed by atoms with Gasteiger partial charge in [-0.25, -0.2) is 9.37 Å². The Hall–Kier alpha value is -2.40. The molecule has 0 aliphatic heterocycles. The van der Waals surface area contributed by atoms with Crippen molar-refractivity contribution < 1.29 is 9.18 Å². The minimum absolute atomic E-state index is 0.176. The topological polar surface area (TPSA) is 46.4 Å². The van der Waals surface area contributed by atoms with Crippen molar-refractivity contribution in [2.24, 2.45) is 0 Å². The largest absolute Gasteiger partial charge is 0.349 e. The molecule has 0 spiro atoms. The third-order valence-corrected chi connectivity index (χ3v) is 5.39. The number of hydrogen-bond donors (Lipinski definition) is 1. The number of halogens is 2. The first kappa shape index (κ1) is 18.0. The number of nitrogens with zero attached hydrogens (tertiary/aromatic N) is 2. The standard InChI is InChI=1S/C21H21ClFN3O/c22-19-12-14(8-9-24-19)11-16-13-17(20-18(23)7-4-10-26(16)20)21(27)25-15-5-2-1-3-6-15/h4,7-10,12-13,15H,1-3,5-6,11H2,(H,25,27). The molecule has 3 aromatic heterocycles. The summed E-state index contributed by atoms with van der Waals surface area (Å²) in [5.74, 6) is -0.603. The second kappa shape index (κ2) is 7.69. The maximum atomic E-state index is 14.6. The molecule has 0 unspecified atom stereocenters. The van der Waals surface area contributed by atoms with E-state index >= 15 is 0 Å². The quantitative estimate of drug-likeness (QED) is 0.657. The van der Waals surface area contributed by atoms with Crippen molar-refractivity contribution in [1.82, 2.24) is 14.7 Å². The van der Waals surface area contributed by atoms with Gasteiger partial charge in [0.25, 0.3) is 5.91 Å². The minimum atomic E-state index is -0.398. The van der Waals surface area contributed by atoms with E-state index in [2.05, 4.69) is 10.3 Å². The molecule has 1 aliphatic rings. The second-order valence-corrected chi connectivity index (χ2v) is 7.48. The van der Waals surface area contributed by atoms with E-state index in [-0.39, 0.29) is 11.9 Å². The molecule has 3 heterocycles.